The normalized spacial score (nSPS) is 13.4. The molecule has 10 heteroatoms. The van der Waals surface area contributed by atoms with Crippen LogP contribution < -0.4 is 25.9 Å². The van der Waals surface area contributed by atoms with Gasteiger partial charge in [0.15, 0.2) is 5.82 Å². The van der Waals surface area contributed by atoms with E-state index in [1.807, 2.05) is 18.2 Å². The molecule has 3 N–H and O–H groups in total. The van der Waals surface area contributed by atoms with Crippen LogP contribution >= 0.6 is 11.6 Å². The molecule has 2 aromatic heterocycles. The van der Waals surface area contributed by atoms with Crippen LogP contribution in [0, 0.1) is 0 Å². The number of rotatable bonds is 7. The molecule has 3 aromatic rings. The molecule has 0 saturated heterocycles. The summed E-state index contributed by atoms with van der Waals surface area (Å²) in [6, 6.07) is 6.99. The van der Waals surface area contributed by atoms with Crippen LogP contribution in [0.3, 0.4) is 0 Å². The van der Waals surface area contributed by atoms with Crippen molar-refractivity contribution in [1.82, 2.24) is 15.4 Å². The van der Waals surface area contributed by atoms with Gasteiger partial charge in [-0.05, 0) is 55.5 Å². The van der Waals surface area contributed by atoms with Crippen molar-refractivity contribution in [3.63, 3.8) is 0 Å². The summed E-state index contributed by atoms with van der Waals surface area (Å²) in [7, 11) is 3.34. The van der Waals surface area contributed by atoms with Crippen LogP contribution in [0.4, 0.5) is 22.0 Å². The summed E-state index contributed by atoms with van der Waals surface area (Å²) < 4.78 is 5.37. The van der Waals surface area contributed by atoms with E-state index in [1.54, 1.807) is 39.6 Å². The molecule has 1 aromatic carbocycles. The summed E-state index contributed by atoms with van der Waals surface area (Å²) in [6.45, 7) is 1.78. The largest absolute Gasteiger partial charge is 0.497 e. The second-order valence-electron chi connectivity index (χ2n) is 7.26. The van der Waals surface area contributed by atoms with Gasteiger partial charge in [-0.15, -0.1) is 0 Å². The molecule has 2 amide bonds. The standard InChI is InChI=1S/C22H24ClN7O2/c1-4-27-30(24-2)21-17(23)9-14(11-26-21)28-22(31)29-19-12-25-18-8-7-15(32-3)10-16(18)20(19)13-5-6-13/h4,7-13,24H,5-6H2,1-3H3,(H2,28,29,31)/b27-4-. The number of hydrazine groups is 1. The highest BCUT2D eigenvalue weighted by atomic mass is 35.5. The molecular formula is C22H24ClN7O2. The van der Waals surface area contributed by atoms with Gasteiger partial charge in [0.1, 0.15) is 5.75 Å². The van der Waals surface area contributed by atoms with Crippen LogP contribution in [0.1, 0.15) is 31.2 Å². The molecule has 1 aliphatic carbocycles. The second-order valence-corrected chi connectivity index (χ2v) is 7.67. The van der Waals surface area contributed by atoms with Crippen LogP contribution in [0.5, 0.6) is 5.75 Å². The van der Waals surface area contributed by atoms with E-state index in [2.05, 4.69) is 31.1 Å². The highest BCUT2D eigenvalue weighted by molar-refractivity contribution is 6.33. The van der Waals surface area contributed by atoms with Crippen LogP contribution in [0.25, 0.3) is 10.9 Å². The fourth-order valence-corrected chi connectivity index (χ4v) is 3.75. The van der Waals surface area contributed by atoms with Gasteiger partial charge in [0.05, 0.1) is 41.4 Å². The maximum absolute atomic E-state index is 12.7. The SMILES string of the molecule is C/C=N\N(NC)c1ncc(NC(=O)Nc2cnc3ccc(OC)cc3c2C2CC2)cc1Cl. The molecule has 9 nitrogen and oxygen atoms in total. The third-order valence-corrected chi connectivity index (χ3v) is 5.35. The maximum atomic E-state index is 12.7. The van der Waals surface area contributed by atoms with E-state index >= 15 is 0 Å². The lowest BCUT2D eigenvalue weighted by atomic mass is 10.0. The van der Waals surface area contributed by atoms with Gasteiger partial charge >= 0.3 is 6.03 Å². The molecule has 1 aliphatic rings. The van der Waals surface area contributed by atoms with E-state index in [4.69, 9.17) is 16.3 Å². The number of halogens is 1. The number of aromatic nitrogens is 2. The third kappa shape index (κ3) is 4.58. The minimum atomic E-state index is -0.404. The number of methoxy groups -OCH3 is 1. The highest BCUT2D eigenvalue weighted by Gasteiger charge is 2.29. The zero-order valence-corrected chi connectivity index (χ0v) is 18.8. The summed E-state index contributed by atoms with van der Waals surface area (Å²) in [6.07, 6.45) is 6.98. The van der Waals surface area contributed by atoms with Crippen molar-refractivity contribution < 1.29 is 9.53 Å². The van der Waals surface area contributed by atoms with Crippen LogP contribution in [0.15, 0.2) is 41.8 Å². The van der Waals surface area contributed by atoms with Crippen LogP contribution in [-0.2, 0) is 0 Å². The van der Waals surface area contributed by atoms with Gasteiger partial charge in [-0.3, -0.25) is 4.98 Å². The molecule has 2 heterocycles. The first-order valence-electron chi connectivity index (χ1n) is 10.2. The van der Waals surface area contributed by atoms with Gasteiger partial charge in [-0.1, -0.05) is 11.6 Å². The van der Waals surface area contributed by atoms with E-state index in [0.29, 0.717) is 28.1 Å². The average molecular weight is 454 g/mol. The monoisotopic (exact) mass is 453 g/mol. The topological polar surface area (TPSA) is 104 Å². The number of hydrazone groups is 1. The zero-order chi connectivity index (χ0) is 22.7. The van der Waals surface area contributed by atoms with Gasteiger partial charge in [0.2, 0.25) is 0 Å². The summed E-state index contributed by atoms with van der Waals surface area (Å²) in [5.74, 6) is 1.57. The number of hydrogen-bond acceptors (Lipinski definition) is 7. The van der Waals surface area contributed by atoms with E-state index in [0.717, 1.165) is 35.1 Å². The fraction of sp³-hybridized carbons (Fsp3) is 0.273. The Hall–Kier alpha value is -3.43. The quantitative estimate of drug-likeness (QED) is 0.352. The van der Waals surface area contributed by atoms with Gasteiger partial charge in [-0.25, -0.2) is 15.2 Å². The Morgan fingerprint density at radius 3 is 2.72 bits per heavy atom. The minimum absolute atomic E-state index is 0.334. The number of benzene rings is 1. The number of hydrogen-bond donors (Lipinski definition) is 3. The molecular weight excluding hydrogens is 430 g/mol. The predicted octanol–water partition coefficient (Wildman–Crippen LogP) is 4.76. The first-order valence-corrected chi connectivity index (χ1v) is 10.6. The Morgan fingerprint density at radius 1 is 1.25 bits per heavy atom. The number of fused-ring (bicyclic) bond motifs is 1. The van der Waals surface area contributed by atoms with Crippen molar-refractivity contribution in [2.75, 3.05) is 29.9 Å². The van der Waals surface area contributed by atoms with Crippen molar-refractivity contribution in [3.05, 3.63) is 47.2 Å². The third-order valence-electron chi connectivity index (χ3n) is 5.07. The molecule has 0 spiro atoms. The molecule has 1 fully saturated rings. The van der Waals surface area contributed by atoms with E-state index in [1.165, 1.54) is 11.3 Å². The molecule has 0 aliphatic heterocycles. The van der Waals surface area contributed by atoms with Crippen molar-refractivity contribution >= 4 is 51.9 Å². The second kappa shape index (κ2) is 9.37. The molecule has 0 bridgehead atoms. The number of urea groups is 1. The Morgan fingerprint density at radius 2 is 2.06 bits per heavy atom. The summed E-state index contributed by atoms with van der Waals surface area (Å²) in [5.41, 5.74) is 5.96. The van der Waals surface area contributed by atoms with Crippen LogP contribution in [0.2, 0.25) is 5.02 Å². The lowest BCUT2D eigenvalue weighted by Crippen LogP contribution is -2.30. The van der Waals surface area contributed by atoms with Crippen molar-refractivity contribution in [2.24, 2.45) is 5.10 Å². The van der Waals surface area contributed by atoms with Gasteiger partial charge < -0.3 is 15.4 Å². The van der Waals surface area contributed by atoms with Crippen LogP contribution in [-0.4, -0.2) is 36.4 Å². The van der Waals surface area contributed by atoms with E-state index < -0.39 is 6.03 Å². The van der Waals surface area contributed by atoms with Crippen molar-refractivity contribution in [1.29, 1.82) is 0 Å². The number of nitrogens with zero attached hydrogens (tertiary/aromatic N) is 4. The zero-order valence-electron chi connectivity index (χ0n) is 18.0. The number of anilines is 3. The summed E-state index contributed by atoms with van der Waals surface area (Å²) >= 11 is 6.34. The Balaban J connectivity index is 1.56. The van der Waals surface area contributed by atoms with Gasteiger partial charge in [0.25, 0.3) is 0 Å². The molecule has 32 heavy (non-hydrogen) atoms. The summed E-state index contributed by atoms with van der Waals surface area (Å²) in [4.78, 5) is 21.5. The molecule has 0 radical (unpaired) electrons. The molecule has 4 rings (SSSR count). The Kier molecular flexibility index (Phi) is 6.38. The number of carbonyl (C=O) groups excluding carboxylic acids is 1. The number of amides is 2. The predicted molar refractivity (Wildman–Crippen MR) is 128 cm³/mol. The summed E-state index contributed by atoms with van der Waals surface area (Å²) in [5, 5.41) is 12.6. The molecule has 0 unspecified atom stereocenters. The van der Waals surface area contributed by atoms with E-state index in [9.17, 15) is 4.79 Å². The smallest absolute Gasteiger partial charge is 0.323 e. The van der Waals surface area contributed by atoms with E-state index in [-0.39, 0.29) is 0 Å². The molecule has 166 valence electrons. The fourth-order valence-electron chi connectivity index (χ4n) is 3.50. The number of ether oxygens (including phenoxy) is 1. The highest BCUT2D eigenvalue weighted by Crippen LogP contribution is 2.46. The average Bonchev–Trinajstić information content (AvgIpc) is 3.62. The maximum Gasteiger partial charge on any atom is 0.323 e. The Labute approximate surface area is 190 Å². The first-order chi connectivity index (χ1) is 15.5. The molecule has 1 saturated carbocycles. The Bertz CT molecular complexity index is 1180. The number of nitrogens with one attached hydrogen (secondary N) is 3. The van der Waals surface area contributed by atoms with Gasteiger partial charge in [-0.2, -0.15) is 10.2 Å². The minimum Gasteiger partial charge on any atom is -0.497 e. The lowest BCUT2D eigenvalue weighted by Gasteiger charge is -2.18. The van der Waals surface area contributed by atoms with Crippen molar-refractivity contribution in [2.45, 2.75) is 25.7 Å². The lowest BCUT2D eigenvalue weighted by molar-refractivity contribution is 0.262. The first kappa shape index (κ1) is 21.8. The van der Waals surface area contributed by atoms with Crippen molar-refractivity contribution in [3.8, 4) is 5.75 Å². The molecule has 0 atom stereocenters. The number of pyridine rings is 2. The van der Waals surface area contributed by atoms with Gasteiger partial charge in [0, 0.05) is 18.6 Å². The number of carbonyl (C=O) groups is 1.